The van der Waals surface area contributed by atoms with Gasteiger partial charge in [-0.05, 0) is 37.1 Å². The highest BCUT2D eigenvalue weighted by atomic mass is 32.2. The number of carbonyl (C=O) groups excluding carboxylic acids is 1. The zero-order chi connectivity index (χ0) is 19.6. The molecule has 0 saturated carbocycles. The number of amides is 1. The third-order valence-corrected chi connectivity index (χ3v) is 5.78. The Kier molecular flexibility index (Phi) is 4.81. The van der Waals surface area contributed by atoms with Gasteiger partial charge in [0.05, 0.1) is 12.0 Å². The van der Waals surface area contributed by atoms with Crippen molar-refractivity contribution in [1.29, 1.82) is 0 Å². The minimum Gasteiger partial charge on any atom is -0.459 e. The number of nitrogens with zero attached hydrogens (tertiary/aromatic N) is 4. The molecular formula is C20H18N4O4S. The average Bonchev–Trinajstić information content (AvgIpc) is 3.52. The van der Waals surface area contributed by atoms with Crippen molar-refractivity contribution in [2.24, 2.45) is 0 Å². The molecule has 5 rings (SSSR count). The monoisotopic (exact) mass is 410 g/mol. The number of rotatable bonds is 5. The number of carbonyl (C=O) groups is 1. The summed E-state index contributed by atoms with van der Waals surface area (Å²) in [5.41, 5.74) is 1.54. The first-order valence-electron chi connectivity index (χ1n) is 9.40. The van der Waals surface area contributed by atoms with E-state index in [1.807, 2.05) is 29.2 Å². The van der Waals surface area contributed by atoms with Crippen molar-refractivity contribution in [3.63, 3.8) is 0 Å². The fourth-order valence-corrected chi connectivity index (χ4v) is 4.14. The van der Waals surface area contributed by atoms with Crippen LogP contribution in [0.3, 0.4) is 0 Å². The summed E-state index contributed by atoms with van der Waals surface area (Å²) in [4.78, 5) is 18.8. The van der Waals surface area contributed by atoms with Gasteiger partial charge >= 0.3 is 0 Å². The quantitative estimate of drug-likeness (QED) is 0.456. The second kappa shape index (κ2) is 7.75. The Balaban J connectivity index is 1.14. The first-order chi connectivity index (χ1) is 14.3. The lowest BCUT2D eigenvalue weighted by atomic mass is 9.97. The predicted octanol–water partition coefficient (Wildman–Crippen LogP) is 3.97. The standard InChI is InChI=1S/C20H18N4O4S/c25-17(12-29-20-21-14-4-1-2-5-15(14)27-20)24-9-7-13(8-10-24)18-22-23-19(28-18)16-6-3-11-26-16/h1-6,11,13H,7-10,12H2. The summed E-state index contributed by atoms with van der Waals surface area (Å²) in [7, 11) is 0. The minimum absolute atomic E-state index is 0.0810. The maximum atomic E-state index is 12.6. The van der Waals surface area contributed by atoms with Gasteiger partial charge in [-0.25, -0.2) is 4.98 Å². The maximum absolute atomic E-state index is 12.6. The molecule has 148 valence electrons. The van der Waals surface area contributed by atoms with E-state index in [9.17, 15) is 4.79 Å². The van der Waals surface area contributed by atoms with Crippen molar-refractivity contribution in [2.45, 2.75) is 24.0 Å². The van der Waals surface area contributed by atoms with Crippen molar-refractivity contribution in [3.05, 3.63) is 48.6 Å². The molecular weight excluding hydrogens is 392 g/mol. The predicted molar refractivity (Wildman–Crippen MR) is 105 cm³/mol. The molecule has 0 spiro atoms. The summed E-state index contributed by atoms with van der Waals surface area (Å²) >= 11 is 1.33. The number of benzene rings is 1. The van der Waals surface area contributed by atoms with Crippen molar-refractivity contribution >= 4 is 28.8 Å². The van der Waals surface area contributed by atoms with E-state index in [1.165, 1.54) is 11.8 Å². The van der Waals surface area contributed by atoms with E-state index in [0.717, 1.165) is 23.9 Å². The van der Waals surface area contributed by atoms with Crippen molar-refractivity contribution in [3.8, 4) is 11.7 Å². The van der Waals surface area contributed by atoms with Crippen LogP contribution in [0.25, 0.3) is 22.8 Å². The summed E-state index contributed by atoms with van der Waals surface area (Å²) < 4.78 is 16.7. The number of thioether (sulfide) groups is 1. The topological polar surface area (TPSA) is 98.4 Å². The number of hydrogen-bond acceptors (Lipinski definition) is 8. The van der Waals surface area contributed by atoms with Gasteiger partial charge in [0.2, 0.25) is 11.8 Å². The van der Waals surface area contributed by atoms with E-state index in [1.54, 1.807) is 18.4 Å². The molecule has 0 atom stereocenters. The Morgan fingerprint density at radius 3 is 2.76 bits per heavy atom. The van der Waals surface area contributed by atoms with Crippen molar-refractivity contribution < 1.29 is 18.0 Å². The summed E-state index contributed by atoms with van der Waals surface area (Å²) in [6.07, 6.45) is 3.15. The van der Waals surface area contributed by atoms with Gasteiger partial charge in [0.1, 0.15) is 5.52 Å². The van der Waals surface area contributed by atoms with E-state index in [2.05, 4.69) is 15.2 Å². The van der Waals surface area contributed by atoms with Crippen LogP contribution in [0.2, 0.25) is 0 Å². The number of para-hydroxylation sites is 2. The Morgan fingerprint density at radius 2 is 1.97 bits per heavy atom. The molecule has 0 N–H and O–H groups in total. The van der Waals surface area contributed by atoms with E-state index >= 15 is 0 Å². The van der Waals surface area contributed by atoms with Crippen LogP contribution in [0.4, 0.5) is 0 Å². The normalized spacial score (nSPS) is 15.2. The van der Waals surface area contributed by atoms with Crippen molar-refractivity contribution in [1.82, 2.24) is 20.1 Å². The average molecular weight is 410 g/mol. The summed E-state index contributed by atoms with van der Waals surface area (Å²) in [5, 5.41) is 8.73. The lowest BCUT2D eigenvalue weighted by molar-refractivity contribution is -0.129. The summed E-state index contributed by atoms with van der Waals surface area (Å²) in [5.74, 6) is 2.09. The van der Waals surface area contributed by atoms with Gasteiger partial charge in [-0.3, -0.25) is 4.79 Å². The molecule has 0 aliphatic carbocycles. The summed E-state index contributed by atoms with van der Waals surface area (Å²) in [6.45, 7) is 1.33. The fourth-order valence-electron chi connectivity index (χ4n) is 3.40. The van der Waals surface area contributed by atoms with E-state index < -0.39 is 0 Å². The number of piperidine rings is 1. The van der Waals surface area contributed by atoms with Crippen LogP contribution in [0, 0.1) is 0 Å². The second-order valence-corrected chi connectivity index (χ2v) is 7.74. The number of furan rings is 1. The zero-order valence-corrected chi connectivity index (χ0v) is 16.3. The molecule has 8 nitrogen and oxygen atoms in total. The number of fused-ring (bicyclic) bond motifs is 1. The molecule has 9 heteroatoms. The van der Waals surface area contributed by atoms with Crippen LogP contribution in [0.15, 0.2) is 61.1 Å². The van der Waals surface area contributed by atoms with E-state index in [4.69, 9.17) is 13.3 Å². The maximum Gasteiger partial charge on any atom is 0.283 e. The van der Waals surface area contributed by atoms with Crippen molar-refractivity contribution in [2.75, 3.05) is 18.8 Å². The van der Waals surface area contributed by atoms with E-state index in [0.29, 0.717) is 41.6 Å². The first kappa shape index (κ1) is 18.0. The Morgan fingerprint density at radius 1 is 1.10 bits per heavy atom. The lowest BCUT2D eigenvalue weighted by Crippen LogP contribution is -2.39. The number of oxazole rings is 1. The molecule has 0 unspecified atom stereocenters. The molecule has 1 aliphatic heterocycles. The van der Waals surface area contributed by atoms with Crippen LogP contribution in [-0.4, -0.2) is 44.8 Å². The third kappa shape index (κ3) is 3.77. The molecule has 4 heterocycles. The van der Waals surface area contributed by atoms with Gasteiger partial charge in [0.25, 0.3) is 11.1 Å². The molecule has 1 aromatic carbocycles. The van der Waals surface area contributed by atoms with Crippen LogP contribution in [0.1, 0.15) is 24.7 Å². The highest BCUT2D eigenvalue weighted by Gasteiger charge is 2.28. The Bertz CT molecular complexity index is 1080. The molecule has 1 saturated heterocycles. The number of aromatic nitrogens is 3. The Labute approximate surface area is 170 Å². The SMILES string of the molecule is O=C(CSc1nc2ccccc2o1)N1CCC(c2nnc(-c3ccco3)o2)CC1. The minimum atomic E-state index is 0.0810. The molecule has 1 amide bonds. The number of hydrogen-bond donors (Lipinski definition) is 0. The van der Waals surface area contributed by atoms with Crippen LogP contribution >= 0.6 is 11.8 Å². The highest BCUT2D eigenvalue weighted by Crippen LogP contribution is 2.30. The van der Waals surface area contributed by atoms with Gasteiger partial charge in [0, 0.05) is 19.0 Å². The van der Waals surface area contributed by atoms with Gasteiger partial charge in [-0.2, -0.15) is 0 Å². The molecule has 1 aliphatic rings. The second-order valence-electron chi connectivity index (χ2n) is 6.81. The fraction of sp³-hybridized carbons (Fsp3) is 0.300. The van der Waals surface area contributed by atoms with Gasteiger partial charge in [-0.15, -0.1) is 10.2 Å². The molecule has 0 radical (unpaired) electrons. The summed E-state index contributed by atoms with van der Waals surface area (Å²) in [6, 6.07) is 11.1. The van der Waals surface area contributed by atoms with Crippen LogP contribution in [-0.2, 0) is 4.79 Å². The molecule has 3 aromatic heterocycles. The Hall–Kier alpha value is -3.07. The van der Waals surface area contributed by atoms with Crippen LogP contribution < -0.4 is 0 Å². The third-order valence-electron chi connectivity index (χ3n) is 4.96. The molecule has 0 bridgehead atoms. The molecule has 4 aromatic rings. The zero-order valence-electron chi connectivity index (χ0n) is 15.5. The van der Waals surface area contributed by atoms with Gasteiger partial charge < -0.3 is 18.2 Å². The largest absolute Gasteiger partial charge is 0.459 e. The van der Waals surface area contributed by atoms with E-state index in [-0.39, 0.29) is 11.8 Å². The highest BCUT2D eigenvalue weighted by molar-refractivity contribution is 7.99. The first-order valence-corrected chi connectivity index (χ1v) is 10.4. The molecule has 29 heavy (non-hydrogen) atoms. The van der Waals surface area contributed by atoms with Crippen LogP contribution in [0.5, 0.6) is 0 Å². The molecule has 1 fully saturated rings. The number of likely N-dealkylation sites (tertiary alicyclic amines) is 1. The smallest absolute Gasteiger partial charge is 0.283 e. The van der Waals surface area contributed by atoms with Gasteiger partial charge in [-0.1, -0.05) is 23.9 Å². The lowest BCUT2D eigenvalue weighted by Gasteiger charge is -2.30. The van der Waals surface area contributed by atoms with Gasteiger partial charge in [0.15, 0.2) is 11.3 Å².